The first-order valence-corrected chi connectivity index (χ1v) is 6.83. The first kappa shape index (κ1) is 12.6. The number of benzene rings is 1. The van der Waals surface area contributed by atoms with Crippen LogP contribution in [0.5, 0.6) is 0 Å². The third-order valence-corrected chi connectivity index (χ3v) is 4.13. The van der Waals surface area contributed by atoms with E-state index in [0.29, 0.717) is 6.04 Å². The standard InChI is InChI=1S/C14H18BrNO/c1-9(11-4-5-11)16(3)14-7-6-12(15)8-13(14)10(2)17/h6-9,11H,4-5H2,1-3H3. The van der Waals surface area contributed by atoms with E-state index < -0.39 is 0 Å². The number of carbonyl (C=O) groups is 1. The van der Waals surface area contributed by atoms with Gasteiger partial charge in [0.25, 0.3) is 0 Å². The number of nitrogens with zero attached hydrogens (tertiary/aromatic N) is 1. The summed E-state index contributed by atoms with van der Waals surface area (Å²) in [5.74, 6) is 0.916. The highest BCUT2D eigenvalue weighted by atomic mass is 79.9. The molecule has 0 heterocycles. The van der Waals surface area contributed by atoms with Crippen LogP contribution in [-0.2, 0) is 0 Å². The number of carbonyl (C=O) groups excluding carboxylic acids is 1. The molecule has 2 nitrogen and oxygen atoms in total. The van der Waals surface area contributed by atoms with Gasteiger partial charge in [-0.15, -0.1) is 0 Å². The second-order valence-corrected chi connectivity index (χ2v) is 5.82. The normalized spacial score (nSPS) is 16.7. The zero-order valence-corrected chi connectivity index (χ0v) is 12.1. The van der Waals surface area contributed by atoms with Crippen LogP contribution in [0.2, 0.25) is 0 Å². The monoisotopic (exact) mass is 295 g/mol. The number of anilines is 1. The minimum Gasteiger partial charge on any atom is -0.371 e. The quantitative estimate of drug-likeness (QED) is 0.786. The van der Waals surface area contributed by atoms with E-state index in [2.05, 4.69) is 34.8 Å². The predicted octanol–water partition coefficient (Wildman–Crippen LogP) is 3.89. The summed E-state index contributed by atoms with van der Waals surface area (Å²) in [7, 11) is 2.08. The Bertz CT molecular complexity index is 440. The summed E-state index contributed by atoms with van der Waals surface area (Å²) in [6.45, 7) is 3.87. The molecule has 0 radical (unpaired) electrons. The van der Waals surface area contributed by atoms with Crippen molar-refractivity contribution in [3.63, 3.8) is 0 Å². The summed E-state index contributed by atoms with van der Waals surface area (Å²) in [5.41, 5.74) is 1.84. The Balaban J connectivity index is 2.32. The molecule has 1 aromatic rings. The van der Waals surface area contributed by atoms with Crippen molar-refractivity contribution < 1.29 is 4.79 Å². The van der Waals surface area contributed by atoms with Gasteiger partial charge in [0.15, 0.2) is 5.78 Å². The highest BCUT2D eigenvalue weighted by Gasteiger charge is 2.31. The van der Waals surface area contributed by atoms with Crippen LogP contribution in [-0.4, -0.2) is 18.9 Å². The average Bonchev–Trinajstić information content (AvgIpc) is 3.10. The zero-order valence-electron chi connectivity index (χ0n) is 10.5. The highest BCUT2D eigenvalue weighted by molar-refractivity contribution is 9.10. The van der Waals surface area contributed by atoms with Crippen molar-refractivity contribution in [2.24, 2.45) is 5.92 Å². The summed E-state index contributed by atoms with van der Waals surface area (Å²) in [6, 6.07) is 6.44. The van der Waals surface area contributed by atoms with Gasteiger partial charge in [-0.1, -0.05) is 15.9 Å². The molecule has 92 valence electrons. The molecule has 2 rings (SSSR count). The molecule has 17 heavy (non-hydrogen) atoms. The van der Waals surface area contributed by atoms with E-state index in [4.69, 9.17) is 0 Å². The second kappa shape index (κ2) is 4.81. The fraction of sp³-hybridized carbons (Fsp3) is 0.500. The summed E-state index contributed by atoms with van der Waals surface area (Å²) in [6.07, 6.45) is 2.63. The van der Waals surface area contributed by atoms with Gasteiger partial charge in [0.05, 0.1) is 0 Å². The van der Waals surface area contributed by atoms with Crippen LogP contribution >= 0.6 is 15.9 Å². The largest absolute Gasteiger partial charge is 0.371 e. The first-order chi connectivity index (χ1) is 8.00. The number of ketones is 1. The maximum absolute atomic E-state index is 11.7. The Hall–Kier alpha value is -0.830. The topological polar surface area (TPSA) is 20.3 Å². The molecular weight excluding hydrogens is 278 g/mol. The molecule has 1 aliphatic rings. The molecule has 0 aliphatic heterocycles. The van der Waals surface area contributed by atoms with E-state index in [-0.39, 0.29) is 5.78 Å². The number of hydrogen-bond donors (Lipinski definition) is 0. The third kappa shape index (κ3) is 2.71. The van der Waals surface area contributed by atoms with Crippen LogP contribution in [0.1, 0.15) is 37.0 Å². The van der Waals surface area contributed by atoms with E-state index in [0.717, 1.165) is 21.6 Å². The maximum Gasteiger partial charge on any atom is 0.161 e. The van der Waals surface area contributed by atoms with Crippen LogP contribution < -0.4 is 4.90 Å². The molecule has 0 saturated heterocycles. The minimum atomic E-state index is 0.121. The van der Waals surface area contributed by atoms with Crippen LogP contribution in [0, 0.1) is 5.92 Å². The van der Waals surface area contributed by atoms with E-state index in [9.17, 15) is 4.79 Å². The summed E-state index contributed by atoms with van der Waals surface area (Å²) >= 11 is 3.42. The highest BCUT2D eigenvalue weighted by Crippen LogP contribution is 2.37. The number of hydrogen-bond acceptors (Lipinski definition) is 2. The molecule has 1 atom stereocenters. The van der Waals surface area contributed by atoms with Crippen molar-refractivity contribution in [3.8, 4) is 0 Å². The fourth-order valence-electron chi connectivity index (χ4n) is 2.21. The molecule has 0 spiro atoms. The molecule has 1 saturated carbocycles. The van der Waals surface area contributed by atoms with Gasteiger partial charge in [0, 0.05) is 28.8 Å². The molecule has 0 aromatic heterocycles. The molecule has 1 fully saturated rings. The average molecular weight is 296 g/mol. The van der Waals surface area contributed by atoms with Crippen LogP contribution in [0.15, 0.2) is 22.7 Å². The number of rotatable bonds is 4. The zero-order chi connectivity index (χ0) is 12.6. The van der Waals surface area contributed by atoms with E-state index in [1.807, 2.05) is 18.2 Å². The van der Waals surface area contributed by atoms with Crippen LogP contribution in [0.4, 0.5) is 5.69 Å². The molecular formula is C14H18BrNO. The molecule has 1 unspecified atom stereocenters. The van der Waals surface area contributed by atoms with Gasteiger partial charge >= 0.3 is 0 Å². The Kier molecular flexibility index (Phi) is 3.57. The Morgan fingerprint density at radius 3 is 2.65 bits per heavy atom. The van der Waals surface area contributed by atoms with Gasteiger partial charge in [0.2, 0.25) is 0 Å². The van der Waals surface area contributed by atoms with Crippen molar-refractivity contribution >= 4 is 27.4 Å². The van der Waals surface area contributed by atoms with Crippen molar-refractivity contribution in [2.75, 3.05) is 11.9 Å². The smallest absolute Gasteiger partial charge is 0.161 e. The molecule has 1 aromatic carbocycles. The fourth-order valence-corrected chi connectivity index (χ4v) is 2.57. The Morgan fingerprint density at radius 1 is 1.47 bits per heavy atom. The van der Waals surface area contributed by atoms with Gasteiger partial charge in [-0.3, -0.25) is 4.79 Å². The lowest BCUT2D eigenvalue weighted by Gasteiger charge is -2.28. The molecule has 0 N–H and O–H groups in total. The van der Waals surface area contributed by atoms with E-state index >= 15 is 0 Å². The number of halogens is 1. The molecule has 1 aliphatic carbocycles. The van der Waals surface area contributed by atoms with Crippen LogP contribution in [0.3, 0.4) is 0 Å². The van der Waals surface area contributed by atoms with Crippen molar-refractivity contribution in [1.82, 2.24) is 0 Å². The third-order valence-electron chi connectivity index (χ3n) is 3.63. The Morgan fingerprint density at radius 2 is 2.12 bits per heavy atom. The van der Waals surface area contributed by atoms with Gasteiger partial charge in [0.1, 0.15) is 0 Å². The van der Waals surface area contributed by atoms with Crippen molar-refractivity contribution in [3.05, 3.63) is 28.2 Å². The predicted molar refractivity (Wildman–Crippen MR) is 74.7 cm³/mol. The maximum atomic E-state index is 11.7. The van der Waals surface area contributed by atoms with Gasteiger partial charge < -0.3 is 4.90 Å². The van der Waals surface area contributed by atoms with E-state index in [1.54, 1.807) is 6.92 Å². The van der Waals surface area contributed by atoms with E-state index in [1.165, 1.54) is 12.8 Å². The number of Topliss-reactive ketones (excluding diaryl/α,β-unsaturated/α-hetero) is 1. The molecule has 3 heteroatoms. The van der Waals surface area contributed by atoms with Crippen molar-refractivity contribution in [2.45, 2.75) is 32.7 Å². The SMILES string of the molecule is CC(=O)c1cc(Br)ccc1N(C)C(C)C1CC1. The van der Waals surface area contributed by atoms with Crippen LogP contribution in [0.25, 0.3) is 0 Å². The summed E-state index contributed by atoms with van der Waals surface area (Å²) in [5, 5.41) is 0. The van der Waals surface area contributed by atoms with Gasteiger partial charge in [-0.05, 0) is 50.8 Å². The minimum absolute atomic E-state index is 0.121. The second-order valence-electron chi connectivity index (χ2n) is 4.91. The summed E-state index contributed by atoms with van der Waals surface area (Å²) in [4.78, 5) is 13.9. The molecule has 0 amide bonds. The lowest BCUT2D eigenvalue weighted by molar-refractivity contribution is 0.101. The Labute approximate surface area is 111 Å². The lowest BCUT2D eigenvalue weighted by atomic mass is 10.1. The summed E-state index contributed by atoms with van der Waals surface area (Å²) < 4.78 is 0.957. The van der Waals surface area contributed by atoms with Gasteiger partial charge in [-0.2, -0.15) is 0 Å². The lowest BCUT2D eigenvalue weighted by Crippen LogP contribution is -2.31. The van der Waals surface area contributed by atoms with Crippen molar-refractivity contribution in [1.29, 1.82) is 0 Å². The first-order valence-electron chi connectivity index (χ1n) is 6.04. The molecule has 0 bridgehead atoms. The van der Waals surface area contributed by atoms with Gasteiger partial charge in [-0.25, -0.2) is 0 Å².